The second kappa shape index (κ2) is 7.14. The third-order valence-corrected chi connectivity index (χ3v) is 3.76. The van der Waals surface area contributed by atoms with Crippen molar-refractivity contribution < 1.29 is 9.53 Å². The molecule has 0 aliphatic carbocycles. The summed E-state index contributed by atoms with van der Waals surface area (Å²) in [6.07, 6.45) is 0.990. The van der Waals surface area contributed by atoms with Gasteiger partial charge in [-0.15, -0.1) is 5.10 Å². The fourth-order valence-corrected chi connectivity index (χ4v) is 2.43. The topological polar surface area (TPSA) is 112 Å². The Bertz CT molecular complexity index is 752. The standard InChI is InChI=1S/C12H12ClN5O3S/c1-21-9-3-2-7(4-8(9)13)16-10(19)6-22-12-17-15-5-11(20)18(12)14/h2-5H,6,14H2,1H3,(H,16,19). The molecule has 0 fully saturated rings. The maximum absolute atomic E-state index is 11.9. The van der Waals surface area contributed by atoms with E-state index in [0.29, 0.717) is 16.5 Å². The molecule has 0 bridgehead atoms. The highest BCUT2D eigenvalue weighted by Crippen LogP contribution is 2.27. The Labute approximate surface area is 134 Å². The van der Waals surface area contributed by atoms with Gasteiger partial charge in [0.25, 0.3) is 5.56 Å². The SMILES string of the molecule is COc1ccc(NC(=O)CSc2nncc(=O)n2N)cc1Cl. The minimum atomic E-state index is -0.500. The number of nitrogens with two attached hydrogens (primary N) is 1. The maximum atomic E-state index is 11.9. The third-order valence-electron chi connectivity index (χ3n) is 2.52. The van der Waals surface area contributed by atoms with Crippen molar-refractivity contribution in [3.63, 3.8) is 0 Å². The Morgan fingerprint density at radius 1 is 1.55 bits per heavy atom. The van der Waals surface area contributed by atoms with Gasteiger partial charge in [0.2, 0.25) is 11.1 Å². The molecular weight excluding hydrogens is 330 g/mol. The van der Waals surface area contributed by atoms with E-state index >= 15 is 0 Å². The van der Waals surface area contributed by atoms with Crippen LogP contribution < -0.4 is 21.5 Å². The molecule has 1 amide bonds. The van der Waals surface area contributed by atoms with Crippen LogP contribution in [0.5, 0.6) is 5.75 Å². The normalized spacial score (nSPS) is 10.3. The van der Waals surface area contributed by atoms with Gasteiger partial charge in [-0.3, -0.25) is 9.59 Å². The second-order valence-electron chi connectivity index (χ2n) is 4.02. The van der Waals surface area contributed by atoms with Gasteiger partial charge in [0.15, 0.2) is 0 Å². The molecule has 3 N–H and O–H groups in total. The van der Waals surface area contributed by atoms with Crippen molar-refractivity contribution in [2.24, 2.45) is 0 Å². The number of nitrogens with one attached hydrogen (secondary N) is 1. The highest BCUT2D eigenvalue weighted by atomic mass is 35.5. The molecule has 1 aromatic heterocycles. The first-order valence-corrected chi connectivity index (χ1v) is 7.33. The van der Waals surface area contributed by atoms with Crippen LogP contribution in [0.3, 0.4) is 0 Å². The summed E-state index contributed by atoms with van der Waals surface area (Å²) in [5.41, 5.74) is 0.0283. The number of benzene rings is 1. The van der Waals surface area contributed by atoms with Crippen LogP contribution in [-0.2, 0) is 4.79 Å². The Kier molecular flexibility index (Phi) is 5.23. The number of hydrogen-bond donors (Lipinski definition) is 2. The number of nitrogens with zero attached hydrogens (tertiary/aromatic N) is 3. The largest absolute Gasteiger partial charge is 0.495 e. The molecule has 1 aromatic carbocycles. The van der Waals surface area contributed by atoms with E-state index < -0.39 is 5.56 Å². The summed E-state index contributed by atoms with van der Waals surface area (Å²) in [4.78, 5) is 23.1. The average Bonchev–Trinajstić information content (AvgIpc) is 2.49. The van der Waals surface area contributed by atoms with Crippen LogP contribution in [0.2, 0.25) is 5.02 Å². The zero-order valence-electron chi connectivity index (χ0n) is 11.4. The first kappa shape index (κ1) is 16.1. The predicted molar refractivity (Wildman–Crippen MR) is 83.8 cm³/mol. The number of rotatable bonds is 5. The molecule has 0 atom stereocenters. The maximum Gasteiger partial charge on any atom is 0.291 e. The van der Waals surface area contributed by atoms with Crippen LogP contribution in [0.15, 0.2) is 34.3 Å². The number of carbonyl (C=O) groups is 1. The molecule has 0 spiro atoms. The summed E-state index contributed by atoms with van der Waals surface area (Å²) in [5, 5.41) is 10.4. The minimum Gasteiger partial charge on any atom is -0.495 e. The zero-order chi connectivity index (χ0) is 16.1. The van der Waals surface area contributed by atoms with Crippen molar-refractivity contribution >= 4 is 35.0 Å². The van der Waals surface area contributed by atoms with Crippen molar-refractivity contribution in [2.45, 2.75) is 5.16 Å². The van der Waals surface area contributed by atoms with E-state index in [1.807, 2.05) is 0 Å². The number of hydrogen-bond acceptors (Lipinski definition) is 7. The highest BCUT2D eigenvalue weighted by molar-refractivity contribution is 7.99. The van der Waals surface area contributed by atoms with Crippen molar-refractivity contribution in [1.29, 1.82) is 0 Å². The molecule has 2 aromatic rings. The Morgan fingerprint density at radius 2 is 2.32 bits per heavy atom. The Hall–Kier alpha value is -2.26. The quantitative estimate of drug-likeness (QED) is 0.609. The van der Waals surface area contributed by atoms with Crippen LogP contribution in [-0.4, -0.2) is 33.6 Å². The van der Waals surface area contributed by atoms with E-state index in [2.05, 4.69) is 15.5 Å². The summed E-state index contributed by atoms with van der Waals surface area (Å²) < 4.78 is 5.85. The average molecular weight is 342 g/mol. The number of amides is 1. The van der Waals surface area contributed by atoms with E-state index in [1.54, 1.807) is 18.2 Å². The number of nitrogen functional groups attached to an aromatic ring is 1. The molecule has 1 heterocycles. The molecule has 0 aliphatic rings. The Balaban J connectivity index is 1.97. The summed E-state index contributed by atoms with van der Waals surface area (Å²) in [7, 11) is 1.50. The molecule has 2 rings (SSSR count). The number of halogens is 1. The van der Waals surface area contributed by atoms with Gasteiger partial charge in [-0.1, -0.05) is 23.4 Å². The lowest BCUT2D eigenvalue weighted by Crippen LogP contribution is -2.30. The van der Waals surface area contributed by atoms with Gasteiger partial charge >= 0.3 is 0 Å². The number of anilines is 1. The highest BCUT2D eigenvalue weighted by Gasteiger charge is 2.09. The number of ether oxygens (including phenoxy) is 1. The summed E-state index contributed by atoms with van der Waals surface area (Å²) >= 11 is 6.96. The zero-order valence-corrected chi connectivity index (χ0v) is 13.0. The van der Waals surface area contributed by atoms with Crippen molar-refractivity contribution in [3.05, 3.63) is 39.8 Å². The molecular formula is C12H12ClN5O3S. The molecule has 10 heteroatoms. The predicted octanol–water partition coefficient (Wildman–Crippen LogP) is 0.745. The van der Waals surface area contributed by atoms with Gasteiger partial charge < -0.3 is 15.9 Å². The lowest BCUT2D eigenvalue weighted by atomic mass is 10.3. The van der Waals surface area contributed by atoms with Gasteiger partial charge in [-0.2, -0.15) is 9.77 Å². The van der Waals surface area contributed by atoms with E-state index in [4.69, 9.17) is 22.2 Å². The summed E-state index contributed by atoms with van der Waals surface area (Å²) in [6, 6.07) is 4.88. The van der Waals surface area contributed by atoms with E-state index in [1.165, 1.54) is 7.11 Å². The molecule has 8 nitrogen and oxygen atoms in total. The Morgan fingerprint density at radius 3 is 3.00 bits per heavy atom. The first-order valence-electron chi connectivity index (χ1n) is 5.97. The van der Waals surface area contributed by atoms with Crippen LogP contribution in [0.25, 0.3) is 0 Å². The molecule has 0 saturated heterocycles. The molecule has 0 aliphatic heterocycles. The van der Waals surface area contributed by atoms with Crippen LogP contribution in [0.1, 0.15) is 0 Å². The van der Waals surface area contributed by atoms with Crippen molar-refractivity contribution in [2.75, 3.05) is 24.0 Å². The first-order chi connectivity index (χ1) is 10.5. The number of thioether (sulfide) groups is 1. The van der Waals surface area contributed by atoms with Crippen LogP contribution >= 0.6 is 23.4 Å². The second-order valence-corrected chi connectivity index (χ2v) is 5.37. The smallest absolute Gasteiger partial charge is 0.291 e. The van der Waals surface area contributed by atoms with E-state index in [9.17, 15) is 9.59 Å². The number of carbonyl (C=O) groups excluding carboxylic acids is 1. The van der Waals surface area contributed by atoms with E-state index in [0.717, 1.165) is 22.6 Å². The van der Waals surface area contributed by atoms with Gasteiger partial charge in [0.1, 0.15) is 11.9 Å². The molecule has 22 heavy (non-hydrogen) atoms. The van der Waals surface area contributed by atoms with Crippen molar-refractivity contribution in [3.8, 4) is 5.75 Å². The minimum absolute atomic E-state index is 0.0129. The molecule has 0 unspecified atom stereocenters. The fraction of sp³-hybridized carbons (Fsp3) is 0.167. The lowest BCUT2D eigenvalue weighted by Gasteiger charge is -2.08. The molecule has 0 saturated carbocycles. The third kappa shape index (κ3) is 3.89. The monoisotopic (exact) mass is 341 g/mol. The fourth-order valence-electron chi connectivity index (χ4n) is 1.50. The molecule has 116 valence electrons. The van der Waals surface area contributed by atoms with Crippen molar-refractivity contribution in [1.82, 2.24) is 14.9 Å². The summed E-state index contributed by atoms with van der Waals surface area (Å²) in [5.74, 6) is 5.72. The summed E-state index contributed by atoms with van der Waals surface area (Å²) in [6.45, 7) is 0. The van der Waals surface area contributed by atoms with Gasteiger partial charge in [0, 0.05) is 5.69 Å². The van der Waals surface area contributed by atoms with Gasteiger partial charge in [0.05, 0.1) is 17.9 Å². The number of methoxy groups -OCH3 is 1. The van der Waals surface area contributed by atoms with Crippen LogP contribution in [0.4, 0.5) is 5.69 Å². The van der Waals surface area contributed by atoms with Crippen LogP contribution in [0, 0.1) is 0 Å². The van der Waals surface area contributed by atoms with E-state index in [-0.39, 0.29) is 16.8 Å². The molecule has 0 radical (unpaired) electrons. The lowest BCUT2D eigenvalue weighted by molar-refractivity contribution is -0.113. The van der Waals surface area contributed by atoms with Gasteiger partial charge in [-0.25, -0.2) is 0 Å². The number of aromatic nitrogens is 3. The van der Waals surface area contributed by atoms with Gasteiger partial charge in [-0.05, 0) is 18.2 Å².